The number of halogens is 1. The molecule has 2 aromatic carbocycles. The van der Waals surface area contributed by atoms with Crippen LogP contribution in [0.25, 0.3) is 0 Å². The Hall–Kier alpha value is -2.78. The standard InChI is InChI=1S/C19H19BrN4O3S/c20-15-10-16(21-12-15)13-23-19(25)22-11-14-6-4-5-9-18(14)24-28(26,27)17-7-2-1-3-8-17/h1-10,12,21,24H,11,13H2,(H2,22,23,25). The van der Waals surface area contributed by atoms with Gasteiger partial charge in [0.25, 0.3) is 10.0 Å². The van der Waals surface area contributed by atoms with Crippen LogP contribution in [-0.2, 0) is 23.1 Å². The highest BCUT2D eigenvalue weighted by Gasteiger charge is 2.15. The lowest BCUT2D eigenvalue weighted by Crippen LogP contribution is -2.34. The zero-order chi connectivity index (χ0) is 20.0. The molecule has 4 N–H and O–H groups in total. The van der Waals surface area contributed by atoms with Gasteiger partial charge in [0.05, 0.1) is 17.1 Å². The molecule has 0 aliphatic carbocycles. The van der Waals surface area contributed by atoms with E-state index in [2.05, 4.69) is 36.3 Å². The maximum atomic E-state index is 12.5. The second-order valence-corrected chi connectivity index (χ2v) is 8.55. The van der Waals surface area contributed by atoms with E-state index in [9.17, 15) is 13.2 Å². The second-order valence-electron chi connectivity index (χ2n) is 5.96. The van der Waals surface area contributed by atoms with E-state index >= 15 is 0 Å². The zero-order valence-corrected chi connectivity index (χ0v) is 17.2. The average Bonchev–Trinajstić information content (AvgIpc) is 3.11. The molecule has 7 nitrogen and oxygen atoms in total. The quantitative estimate of drug-likeness (QED) is 0.431. The number of para-hydroxylation sites is 1. The zero-order valence-electron chi connectivity index (χ0n) is 14.8. The number of hydrogen-bond acceptors (Lipinski definition) is 3. The molecule has 0 radical (unpaired) electrons. The van der Waals surface area contributed by atoms with E-state index < -0.39 is 10.0 Å². The largest absolute Gasteiger partial charge is 0.362 e. The van der Waals surface area contributed by atoms with Crippen LogP contribution in [0.3, 0.4) is 0 Å². The van der Waals surface area contributed by atoms with E-state index in [4.69, 9.17) is 0 Å². The third-order valence-corrected chi connectivity index (χ3v) is 5.74. The maximum absolute atomic E-state index is 12.5. The lowest BCUT2D eigenvalue weighted by atomic mass is 10.2. The number of carbonyl (C=O) groups is 1. The van der Waals surface area contributed by atoms with Gasteiger partial charge in [0, 0.05) is 22.9 Å². The highest BCUT2D eigenvalue weighted by molar-refractivity contribution is 9.10. The van der Waals surface area contributed by atoms with Crippen molar-refractivity contribution in [1.82, 2.24) is 15.6 Å². The molecule has 2 amide bonds. The van der Waals surface area contributed by atoms with Crippen molar-refractivity contribution in [2.75, 3.05) is 4.72 Å². The molecule has 146 valence electrons. The number of sulfonamides is 1. The van der Waals surface area contributed by atoms with Gasteiger partial charge in [0.1, 0.15) is 0 Å². The van der Waals surface area contributed by atoms with Crippen molar-refractivity contribution in [1.29, 1.82) is 0 Å². The number of amides is 2. The van der Waals surface area contributed by atoms with Crippen LogP contribution in [0.1, 0.15) is 11.3 Å². The van der Waals surface area contributed by atoms with Crippen molar-refractivity contribution in [2.24, 2.45) is 0 Å². The van der Waals surface area contributed by atoms with Crippen LogP contribution in [-0.4, -0.2) is 19.4 Å². The van der Waals surface area contributed by atoms with E-state index in [0.29, 0.717) is 17.8 Å². The molecule has 0 atom stereocenters. The van der Waals surface area contributed by atoms with E-state index in [1.165, 1.54) is 12.1 Å². The number of rotatable bonds is 7. The molecule has 0 fully saturated rings. The number of aromatic nitrogens is 1. The smallest absolute Gasteiger partial charge is 0.315 e. The molecule has 0 spiro atoms. The second kappa shape index (κ2) is 8.94. The molecule has 9 heteroatoms. The maximum Gasteiger partial charge on any atom is 0.315 e. The Bertz CT molecular complexity index is 1050. The lowest BCUT2D eigenvalue weighted by Gasteiger charge is -2.13. The Morgan fingerprint density at radius 3 is 2.36 bits per heavy atom. The summed E-state index contributed by atoms with van der Waals surface area (Å²) in [6.07, 6.45) is 1.78. The lowest BCUT2D eigenvalue weighted by molar-refractivity contribution is 0.240. The monoisotopic (exact) mass is 462 g/mol. The van der Waals surface area contributed by atoms with Crippen molar-refractivity contribution >= 4 is 37.7 Å². The minimum Gasteiger partial charge on any atom is -0.362 e. The SMILES string of the molecule is O=C(NCc1cc(Br)c[nH]1)NCc1ccccc1NS(=O)(=O)c1ccccc1. The molecule has 1 heterocycles. The van der Waals surface area contributed by atoms with E-state index in [1.54, 1.807) is 48.7 Å². The average molecular weight is 463 g/mol. The molecule has 0 bridgehead atoms. The van der Waals surface area contributed by atoms with Crippen LogP contribution in [0, 0.1) is 0 Å². The van der Waals surface area contributed by atoms with Gasteiger partial charge in [-0.25, -0.2) is 13.2 Å². The first-order valence-electron chi connectivity index (χ1n) is 8.44. The number of benzene rings is 2. The molecule has 0 saturated heterocycles. The normalized spacial score (nSPS) is 11.0. The first kappa shape index (κ1) is 20.0. The molecular formula is C19H19BrN4O3S. The molecule has 0 unspecified atom stereocenters. The Labute approximate surface area is 171 Å². The van der Waals surface area contributed by atoms with Crippen molar-refractivity contribution in [3.05, 3.63) is 82.6 Å². The number of nitrogens with one attached hydrogen (secondary N) is 4. The van der Waals surface area contributed by atoms with Gasteiger partial charge >= 0.3 is 6.03 Å². The van der Waals surface area contributed by atoms with Gasteiger partial charge in [-0.3, -0.25) is 4.72 Å². The summed E-state index contributed by atoms with van der Waals surface area (Å²) in [4.78, 5) is 15.2. The van der Waals surface area contributed by atoms with E-state index in [1.807, 2.05) is 6.07 Å². The van der Waals surface area contributed by atoms with Crippen molar-refractivity contribution in [2.45, 2.75) is 18.0 Å². The molecular weight excluding hydrogens is 444 g/mol. The van der Waals surface area contributed by atoms with Gasteiger partial charge in [-0.05, 0) is 45.8 Å². The number of carbonyl (C=O) groups excluding carboxylic acids is 1. The molecule has 3 aromatic rings. The fourth-order valence-corrected chi connectivity index (χ4v) is 4.02. The third kappa shape index (κ3) is 5.37. The van der Waals surface area contributed by atoms with Crippen LogP contribution in [0.5, 0.6) is 0 Å². The van der Waals surface area contributed by atoms with Gasteiger partial charge in [-0.1, -0.05) is 36.4 Å². The number of hydrogen-bond donors (Lipinski definition) is 4. The van der Waals surface area contributed by atoms with Crippen LogP contribution >= 0.6 is 15.9 Å². The fraction of sp³-hybridized carbons (Fsp3) is 0.105. The van der Waals surface area contributed by atoms with Crippen LogP contribution in [0.4, 0.5) is 10.5 Å². The van der Waals surface area contributed by atoms with Gasteiger partial charge in [-0.2, -0.15) is 0 Å². The van der Waals surface area contributed by atoms with Gasteiger partial charge < -0.3 is 15.6 Å². The van der Waals surface area contributed by atoms with Crippen LogP contribution in [0.15, 0.2) is 76.2 Å². The first-order valence-corrected chi connectivity index (χ1v) is 10.7. The van der Waals surface area contributed by atoms with Gasteiger partial charge in [-0.15, -0.1) is 0 Å². The minimum atomic E-state index is -3.71. The summed E-state index contributed by atoms with van der Waals surface area (Å²) in [6.45, 7) is 0.521. The summed E-state index contributed by atoms with van der Waals surface area (Å²) in [7, 11) is -3.71. The van der Waals surface area contributed by atoms with Crippen LogP contribution in [0.2, 0.25) is 0 Å². The number of aromatic amines is 1. The van der Waals surface area contributed by atoms with Crippen molar-refractivity contribution < 1.29 is 13.2 Å². The Balaban J connectivity index is 1.61. The number of anilines is 1. The van der Waals surface area contributed by atoms with E-state index in [0.717, 1.165) is 10.2 Å². The van der Waals surface area contributed by atoms with Crippen molar-refractivity contribution in [3.63, 3.8) is 0 Å². The Kier molecular flexibility index (Phi) is 6.37. The first-order chi connectivity index (χ1) is 13.4. The van der Waals surface area contributed by atoms with E-state index in [-0.39, 0.29) is 17.5 Å². The summed E-state index contributed by atoms with van der Waals surface area (Å²) in [6, 6.07) is 16.6. The van der Waals surface area contributed by atoms with Crippen molar-refractivity contribution in [3.8, 4) is 0 Å². The molecule has 0 saturated carbocycles. The molecule has 0 aliphatic rings. The summed E-state index contributed by atoms with van der Waals surface area (Å²) in [5.41, 5.74) is 1.93. The topological polar surface area (TPSA) is 103 Å². The summed E-state index contributed by atoms with van der Waals surface area (Å²) in [5.74, 6) is 0. The Morgan fingerprint density at radius 2 is 1.64 bits per heavy atom. The number of urea groups is 1. The molecule has 1 aromatic heterocycles. The van der Waals surface area contributed by atoms with Crippen LogP contribution < -0.4 is 15.4 Å². The molecule has 0 aliphatic heterocycles. The predicted octanol–water partition coefficient (Wildman–Crippen LogP) is 3.58. The van der Waals surface area contributed by atoms with Gasteiger partial charge in [0.2, 0.25) is 0 Å². The summed E-state index contributed by atoms with van der Waals surface area (Å²) in [5, 5.41) is 5.47. The Morgan fingerprint density at radius 1 is 0.964 bits per heavy atom. The third-order valence-electron chi connectivity index (χ3n) is 3.90. The highest BCUT2D eigenvalue weighted by atomic mass is 79.9. The highest BCUT2D eigenvalue weighted by Crippen LogP contribution is 2.20. The molecule has 28 heavy (non-hydrogen) atoms. The minimum absolute atomic E-state index is 0.174. The summed E-state index contributed by atoms with van der Waals surface area (Å²) >= 11 is 3.33. The predicted molar refractivity (Wildman–Crippen MR) is 111 cm³/mol. The number of H-pyrrole nitrogens is 1. The van der Waals surface area contributed by atoms with Gasteiger partial charge in [0.15, 0.2) is 0 Å². The molecule has 3 rings (SSSR count). The summed E-state index contributed by atoms with van der Waals surface area (Å²) < 4.78 is 28.6. The fourth-order valence-electron chi connectivity index (χ4n) is 2.50.